The Hall–Kier alpha value is -4.75. The molecule has 1 fully saturated rings. The lowest BCUT2D eigenvalue weighted by Crippen LogP contribution is -2.58. The van der Waals surface area contributed by atoms with Crippen molar-refractivity contribution in [1.82, 2.24) is 25.5 Å². The average molecular weight is 907 g/mol. The van der Waals surface area contributed by atoms with Gasteiger partial charge in [-0.25, -0.2) is 9.97 Å². The van der Waals surface area contributed by atoms with Gasteiger partial charge in [0.25, 0.3) is 5.91 Å². The molecule has 0 spiro atoms. The number of aromatic nitrogens is 2. The zero-order valence-electron chi connectivity index (χ0n) is 32.0. The lowest BCUT2D eigenvalue weighted by molar-refractivity contribution is -0.144. The van der Waals surface area contributed by atoms with Crippen LogP contribution in [0.3, 0.4) is 0 Å². The highest BCUT2D eigenvalue weighted by atomic mass is 79.9. The summed E-state index contributed by atoms with van der Waals surface area (Å²) in [5, 5.41) is 21.8. The number of hydrogen-bond acceptors (Lipinski definition) is 11. The third kappa shape index (κ3) is 12.4. The molecule has 3 atom stereocenters. The van der Waals surface area contributed by atoms with E-state index in [0.29, 0.717) is 16.0 Å². The number of halogens is 4. The number of pyridine rings is 1. The summed E-state index contributed by atoms with van der Waals surface area (Å²) in [7, 11) is 0. The van der Waals surface area contributed by atoms with Crippen molar-refractivity contribution in [3.05, 3.63) is 87.6 Å². The molecule has 0 aliphatic carbocycles. The third-order valence-corrected chi connectivity index (χ3v) is 10.6. The van der Waals surface area contributed by atoms with Crippen molar-refractivity contribution >= 4 is 74.0 Å². The number of anilines is 2. The van der Waals surface area contributed by atoms with Crippen LogP contribution in [0.15, 0.2) is 70.8 Å². The fourth-order valence-corrected chi connectivity index (χ4v) is 7.41. The lowest BCUT2D eigenvalue weighted by Gasteiger charge is -2.35. The number of nitrogens with one attached hydrogen (secondary N) is 4. The van der Waals surface area contributed by atoms with Crippen LogP contribution in [-0.4, -0.2) is 93.7 Å². The highest BCUT2D eigenvalue weighted by molar-refractivity contribution is 9.10. The first-order chi connectivity index (χ1) is 27.4. The Labute approximate surface area is 351 Å². The number of ether oxygens (including phenoxy) is 2. The van der Waals surface area contributed by atoms with E-state index in [2.05, 4.69) is 51.9 Å². The molecule has 4 amide bonds. The fraction of sp³-hybridized carbons (Fsp3) is 0.385. The van der Waals surface area contributed by atoms with Gasteiger partial charge in [0.15, 0.2) is 0 Å². The van der Waals surface area contributed by atoms with Crippen molar-refractivity contribution in [2.45, 2.75) is 64.4 Å². The van der Waals surface area contributed by atoms with Crippen LogP contribution in [0.25, 0.3) is 10.4 Å². The minimum absolute atomic E-state index is 0.0511. The summed E-state index contributed by atoms with van der Waals surface area (Å²) >= 11 is 9.70. The molecule has 4 aromatic rings. The van der Waals surface area contributed by atoms with E-state index in [1.54, 1.807) is 37.6 Å². The van der Waals surface area contributed by atoms with Crippen LogP contribution in [0.5, 0.6) is 5.75 Å². The third-order valence-electron chi connectivity index (χ3n) is 8.93. The SMILES string of the molecule is Cc1ncsc1-c1ccc(CNC(=O)[C@@H]2C[C@@H](O)CN2C(=O)[C@@H](NC(=O)COCCNc2ncc(C(=O)Nc3ccc(OC(F)(F)Cl)cc3)cc2Br)C(C)(C)C)cc1. The summed E-state index contributed by atoms with van der Waals surface area (Å²) in [5.41, 5.74) is 0.575. The van der Waals surface area contributed by atoms with Crippen LogP contribution >= 0.6 is 38.9 Å². The van der Waals surface area contributed by atoms with E-state index in [0.717, 1.165) is 21.7 Å². The number of benzene rings is 2. The first-order valence-corrected chi connectivity index (χ1v) is 20.1. The number of carbonyl (C=O) groups is 4. The molecule has 0 radical (unpaired) electrons. The first kappa shape index (κ1) is 44.4. The maximum absolute atomic E-state index is 13.9. The van der Waals surface area contributed by atoms with E-state index in [9.17, 15) is 33.1 Å². The van der Waals surface area contributed by atoms with E-state index < -0.39 is 52.8 Å². The van der Waals surface area contributed by atoms with Gasteiger partial charge in [-0.05, 0) is 69.7 Å². The molecule has 58 heavy (non-hydrogen) atoms. The van der Waals surface area contributed by atoms with Gasteiger partial charge in [0.2, 0.25) is 17.7 Å². The van der Waals surface area contributed by atoms with Crippen LogP contribution in [0.4, 0.5) is 20.3 Å². The largest absolute Gasteiger partial charge is 0.487 e. The van der Waals surface area contributed by atoms with Gasteiger partial charge < -0.3 is 40.7 Å². The number of thiazole rings is 1. The normalized spacial score (nSPS) is 16.1. The number of aliphatic hydroxyl groups excluding tert-OH is 1. The predicted octanol–water partition coefficient (Wildman–Crippen LogP) is 5.93. The van der Waals surface area contributed by atoms with E-state index in [1.807, 2.05) is 31.2 Å². The molecule has 14 nitrogen and oxygen atoms in total. The molecule has 310 valence electrons. The zero-order chi connectivity index (χ0) is 42.2. The van der Waals surface area contributed by atoms with E-state index >= 15 is 0 Å². The number of aliphatic hydroxyl groups is 1. The second kappa shape index (κ2) is 19.3. The van der Waals surface area contributed by atoms with Gasteiger partial charge in [-0.3, -0.25) is 19.2 Å². The van der Waals surface area contributed by atoms with Crippen molar-refractivity contribution in [3.63, 3.8) is 0 Å². The molecule has 2 aromatic carbocycles. The highest BCUT2D eigenvalue weighted by Gasteiger charge is 2.44. The molecule has 19 heteroatoms. The van der Waals surface area contributed by atoms with Crippen LogP contribution in [-0.2, 0) is 25.7 Å². The Bertz CT molecular complexity index is 2080. The first-order valence-electron chi connectivity index (χ1n) is 18.1. The van der Waals surface area contributed by atoms with Crippen molar-refractivity contribution in [2.24, 2.45) is 5.41 Å². The van der Waals surface area contributed by atoms with Crippen molar-refractivity contribution in [2.75, 3.05) is 36.9 Å². The average Bonchev–Trinajstić information content (AvgIpc) is 3.78. The maximum Gasteiger partial charge on any atom is 0.487 e. The second-order valence-electron chi connectivity index (χ2n) is 14.5. The van der Waals surface area contributed by atoms with Gasteiger partial charge in [-0.2, -0.15) is 0 Å². The van der Waals surface area contributed by atoms with Crippen molar-refractivity contribution in [1.29, 1.82) is 0 Å². The molecule has 3 heterocycles. The summed E-state index contributed by atoms with van der Waals surface area (Å²) < 4.78 is 35.9. The Kier molecular flexibility index (Phi) is 14.8. The molecule has 1 saturated heterocycles. The monoisotopic (exact) mass is 905 g/mol. The molecular weight excluding hydrogens is 864 g/mol. The van der Waals surface area contributed by atoms with E-state index in [4.69, 9.17) is 16.3 Å². The minimum Gasteiger partial charge on any atom is -0.420 e. The predicted molar refractivity (Wildman–Crippen MR) is 219 cm³/mol. The second-order valence-corrected chi connectivity index (χ2v) is 16.7. The molecule has 1 aliphatic rings. The van der Waals surface area contributed by atoms with Crippen molar-refractivity contribution < 1.29 is 42.5 Å². The van der Waals surface area contributed by atoms with Crippen LogP contribution in [0.1, 0.15) is 48.8 Å². The summed E-state index contributed by atoms with van der Waals surface area (Å²) in [5.74, 6) is -1.71. The molecule has 1 aliphatic heterocycles. The number of amides is 4. The zero-order valence-corrected chi connectivity index (χ0v) is 35.1. The van der Waals surface area contributed by atoms with Gasteiger partial charge in [-0.15, -0.1) is 20.1 Å². The number of rotatable bonds is 16. The summed E-state index contributed by atoms with van der Waals surface area (Å²) in [6.45, 7) is 7.47. The number of aryl methyl sites for hydroxylation is 1. The van der Waals surface area contributed by atoms with Gasteiger partial charge in [0.05, 0.1) is 38.8 Å². The number of hydrogen-bond donors (Lipinski definition) is 5. The quantitative estimate of drug-likeness (QED) is 0.0667. The molecule has 5 rings (SSSR count). The molecule has 2 aromatic heterocycles. The number of carbonyl (C=O) groups excluding carboxylic acids is 4. The fourth-order valence-electron chi connectivity index (χ4n) is 6.02. The molecule has 0 bridgehead atoms. The lowest BCUT2D eigenvalue weighted by atomic mass is 9.85. The Morgan fingerprint density at radius 1 is 1.09 bits per heavy atom. The Balaban J connectivity index is 1.07. The molecular formula is C39H43BrClF2N7O7S. The highest BCUT2D eigenvalue weighted by Crippen LogP contribution is 2.29. The van der Waals surface area contributed by atoms with Gasteiger partial charge in [0, 0.05) is 49.5 Å². The summed E-state index contributed by atoms with van der Waals surface area (Å²) in [4.78, 5) is 64.0. The molecule has 0 unspecified atom stereocenters. The summed E-state index contributed by atoms with van der Waals surface area (Å²) in [6.07, 6.45) is 0.500. The number of likely N-dealkylation sites (tertiary alicyclic amines) is 1. The Morgan fingerprint density at radius 3 is 2.41 bits per heavy atom. The number of β-amino-alcohol motifs (C(OH)–C–C–N with tert-alkyl or cyclic N) is 1. The minimum atomic E-state index is -3.86. The van der Waals surface area contributed by atoms with E-state index in [1.165, 1.54) is 41.4 Å². The summed E-state index contributed by atoms with van der Waals surface area (Å²) in [6, 6.07) is 12.6. The van der Waals surface area contributed by atoms with Crippen molar-refractivity contribution in [3.8, 4) is 16.2 Å². The molecule has 5 N–H and O–H groups in total. The maximum atomic E-state index is 13.9. The number of alkyl halides is 3. The van der Waals surface area contributed by atoms with Gasteiger partial charge >= 0.3 is 5.57 Å². The van der Waals surface area contributed by atoms with E-state index in [-0.39, 0.29) is 50.6 Å². The standard InChI is InChI=1S/C39H43BrClF2N7O7S/c1-22-32(58-21-47-22)24-7-5-23(6-8-24)17-46-36(54)30-16-27(51)19-50(30)37(55)33(38(2,3)4)49-31(52)20-56-14-13-44-34-29(40)15-25(18-45-34)35(53)48-26-9-11-28(12-10-26)57-39(41,42)43/h5-12,15,18,21,27,30,33,51H,13-14,16-17,19-20H2,1-4H3,(H,44,45)(H,46,54)(H,48,53)(H,49,52)/t27-,30+,33-/m1/s1. The van der Waals surface area contributed by atoms with Crippen LogP contribution in [0, 0.1) is 12.3 Å². The molecule has 0 saturated carbocycles. The Morgan fingerprint density at radius 2 is 1.79 bits per heavy atom. The van der Waals surface area contributed by atoms with Gasteiger partial charge in [-0.1, -0.05) is 45.0 Å². The smallest absolute Gasteiger partial charge is 0.420 e. The number of nitrogens with zero attached hydrogens (tertiary/aromatic N) is 3. The van der Waals surface area contributed by atoms with Crippen LogP contribution in [0.2, 0.25) is 0 Å². The van der Waals surface area contributed by atoms with Gasteiger partial charge in [0.1, 0.15) is 30.3 Å². The topological polar surface area (TPSA) is 184 Å². The van der Waals surface area contributed by atoms with Crippen LogP contribution < -0.4 is 26.0 Å².